The van der Waals surface area contributed by atoms with Gasteiger partial charge >= 0.3 is 0 Å². The van der Waals surface area contributed by atoms with E-state index in [0.29, 0.717) is 5.15 Å². The van der Waals surface area contributed by atoms with Gasteiger partial charge in [-0.15, -0.1) is 0 Å². The molecule has 0 aliphatic carbocycles. The summed E-state index contributed by atoms with van der Waals surface area (Å²) in [6, 6.07) is 1.92. The number of hydrogen-bond acceptors (Lipinski definition) is 2. The molecule has 0 fully saturated rings. The van der Waals surface area contributed by atoms with Gasteiger partial charge in [-0.25, -0.2) is 4.98 Å². The first kappa shape index (κ1) is 9.23. The Balaban J connectivity index is 2.97. The summed E-state index contributed by atoms with van der Waals surface area (Å²) in [5.41, 5.74) is 1.89. The molecule has 1 aromatic rings. The van der Waals surface area contributed by atoms with Crippen molar-refractivity contribution in [3.05, 3.63) is 34.6 Å². The van der Waals surface area contributed by atoms with Crippen molar-refractivity contribution in [1.29, 1.82) is 0 Å². The molecular formula is C9H10ClNO. The Bertz CT molecular complexity index is 297. The maximum absolute atomic E-state index is 8.54. The number of rotatable bonds is 2. The van der Waals surface area contributed by atoms with Crippen molar-refractivity contribution in [1.82, 2.24) is 4.98 Å². The summed E-state index contributed by atoms with van der Waals surface area (Å²) in [5.74, 6) is 0. The van der Waals surface area contributed by atoms with Crippen molar-refractivity contribution in [3.8, 4) is 0 Å². The van der Waals surface area contributed by atoms with E-state index >= 15 is 0 Å². The van der Waals surface area contributed by atoms with Crippen LogP contribution < -0.4 is 0 Å². The average molecular weight is 184 g/mol. The van der Waals surface area contributed by atoms with Gasteiger partial charge in [0.2, 0.25) is 0 Å². The molecule has 0 unspecified atom stereocenters. The van der Waals surface area contributed by atoms with Gasteiger partial charge < -0.3 is 5.11 Å². The van der Waals surface area contributed by atoms with Crippen LogP contribution in [0.2, 0.25) is 5.15 Å². The van der Waals surface area contributed by atoms with E-state index in [1.54, 1.807) is 18.3 Å². The van der Waals surface area contributed by atoms with Gasteiger partial charge in [0.15, 0.2) is 0 Å². The molecule has 64 valence electrons. The Hall–Kier alpha value is -0.860. The van der Waals surface area contributed by atoms with Crippen LogP contribution in [0.15, 0.2) is 18.3 Å². The molecule has 0 bridgehead atoms. The predicted molar refractivity (Wildman–Crippen MR) is 50.1 cm³/mol. The molecule has 0 aromatic carbocycles. The molecular weight excluding hydrogens is 174 g/mol. The number of aromatic nitrogens is 1. The maximum atomic E-state index is 8.54. The number of aliphatic hydroxyl groups is 1. The van der Waals surface area contributed by atoms with Crippen molar-refractivity contribution in [2.24, 2.45) is 0 Å². The highest BCUT2D eigenvalue weighted by Crippen LogP contribution is 2.15. The van der Waals surface area contributed by atoms with Crippen LogP contribution in [0.5, 0.6) is 0 Å². The predicted octanol–water partition coefficient (Wildman–Crippen LogP) is 2.05. The van der Waals surface area contributed by atoms with Crippen molar-refractivity contribution < 1.29 is 5.11 Å². The third-order valence-corrected chi connectivity index (χ3v) is 1.72. The minimum absolute atomic E-state index is 0.0181. The van der Waals surface area contributed by atoms with Crippen LogP contribution in [-0.2, 0) is 0 Å². The molecule has 1 rings (SSSR count). The molecule has 0 saturated carbocycles. The molecule has 0 aliphatic heterocycles. The lowest BCUT2D eigenvalue weighted by atomic mass is 10.2. The number of aliphatic hydroxyl groups excluding tert-OH is 1. The summed E-state index contributed by atoms with van der Waals surface area (Å²) in [6.07, 6.45) is 5.09. The van der Waals surface area contributed by atoms with Crippen LogP contribution in [0.3, 0.4) is 0 Å². The van der Waals surface area contributed by atoms with Gasteiger partial charge in [0.1, 0.15) is 5.15 Å². The Kier molecular flexibility index (Phi) is 3.26. The van der Waals surface area contributed by atoms with Crippen molar-refractivity contribution in [2.75, 3.05) is 6.61 Å². The second kappa shape index (κ2) is 4.24. The quantitative estimate of drug-likeness (QED) is 0.712. The first-order chi connectivity index (χ1) is 5.74. The van der Waals surface area contributed by atoms with Crippen molar-refractivity contribution >= 4 is 17.7 Å². The summed E-state index contributed by atoms with van der Waals surface area (Å²) in [6.45, 7) is 1.96. The van der Waals surface area contributed by atoms with Gasteiger partial charge in [-0.3, -0.25) is 0 Å². The van der Waals surface area contributed by atoms with Crippen LogP contribution in [-0.4, -0.2) is 16.7 Å². The third kappa shape index (κ3) is 2.32. The largest absolute Gasteiger partial charge is 0.392 e. The molecule has 0 aliphatic rings. The summed E-state index contributed by atoms with van der Waals surface area (Å²) in [7, 11) is 0. The van der Waals surface area contributed by atoms with Gasteiger partial charge in [-0.1, -0.05) is 23.8 Å². The number of hydrogen-bond donors (Lipinski definition) is 1. The summed E-state index contributed by atoms with van der Waals surface area (Å²) < 4.78 is 0. The SMILES string of the molecule is Cc1cnc(Cl)c(/C=C/CO)c1. The van der Waals surface area contributed by atoms with E-state index in [4.69, 9.17) is 16.7 Å². The van der Waals surface area contributed by atoms with Gasteiger partial charge in [0, 0.05) is 11.8 Å². The first-order valence-corrected chi connectivity index (χ1v) is 4.01. The fourth-order valence-corrected chi connectivity index (χ4v) is 1.04. The van der Waals surface area contributed by atoms with Gasteiger partial charge in [0.05, 0.1) is 6.61 Å². The fourth-order valence-electron chi connectivity index (χ4n) is 0.872. The lowest BCUT2D eigenvalue weighted by Gasteiger charge is -1.97. The topological polar surface area (TPSA) is 33.1 Å². The Morgan fingerprint density at radius 2 is 2.42 bits per heavy atom. The Morgan fingerprint density at radius 1 is 1.67 bits per heavy atom. The number of halogens is 1. The van der Waals surface area contributed by atoms with Crippen molar-refractivity contribution in [3.63, 3.8) is 0 Å². The normalized spacial score (nSPS) is 10.9. The molecule has 0 radical (unpaired) electrons. The van der Waals surface area contributed by atoms with Gasteiger partial charge in [-0.05, 0) is 18.6 Å². The highest BCUT2D eigenvalue weighted by atomic mass is 35.5. The lowest BCUT2D eigenvalue weighted by molar-refractivity contribution is 0.343. The van der Waals surface area contributed by atoms with Crippen LogP contribution >= 0.6 is 11.6 Å². The molecule has 0 spiro atoms. The summed E-state index contributed by atoms with van der Waals surface area (Å²) >= 11 is 5.79. The van der Waals surface area contributed by atoms with E-state index in [-0.39, 0.29) is 6.61 Å². The fraction of sp³-hybridized carbons (Fsp3) is 0.222. The molecule has 1 aromatic heterocycles. The average Bonchev–Trinajstić information content (AvgIpc) is 2.07. The molecule has 2 nitrogen and oxygen atoms in total. The molecule has 0 saturated heterocycles. The third-order valence-electron chi connectivity index (χ3n) is 1.41. The zero-order chi connectivity index (χ0) is 8.97. The van der Waals surface area contributed by atoms with E-state index in [9.17, 15) is 0 Å². The van der Waals surface area contributed by atoms with E-state index in [0.717, 1.165) is 11.1 Å². The second-order valence-corrected chi connectivity index (χ2v) is 2.84. The maximum Gasteiger partial charge on any atom is 0.136 e. The minimum atomic E-state index is 0.0181. The Labute approximate surface area is 76.5 Å². The standard InChI is InChI=1S/C9H10ClNO/c1-7-5-8(3-2-4-12)9(10)11-6-7/h2-3,5-6,12H,4H2,1H3/b3-2+. The number of pyridine rings is 1. The minimum Gasteiger partial charge on any atom is -0.392 e. The monoisotopic (exact) mass is 183 g/mol. The molecule has 0 atom stereocenters. The summed E-state index contributed by atoms with van der Waals surface area (Å²) in [5, 5.41) is 9.00. The van der Waals surface area contributed by atoms with Crippen LogP contribution in [0, 0.1) is 6.92 Å². The molecule has 1 heterocycles. The Morgan fingerprint density at radius 3 is 3.08 bits per heavy atom. The number of nitrogens with zero attached hydrogens (tertiary/aromatic N) is 1. The van der Waals surface area contributed by atoms with E-state index in [1.165, 1.54) is 0 Å². The van der Waals surface area contributed by atoms with Crippen LogP contribution in [0.25, 0.3) is 6.08 Å². The molecule has 1 N–H and O–H groups in total. The first-order valence-electron chi connectivity index (χ1n) is 3.63. The smallest absolute Gasteiger partial charge is 0.136 e. The highest BCUT2D eigenvalue weighted by molar-refractivity contribution is 6.30. The zero-order valence-electron chi connectivity index (χ0n) is 6.79. The molecule has 12 heavy (non-hydrogen) atoms. The number of aryl methyl sites for hydroxylation is 1. The van der Waals surface area contributed by atoms with Crippen molar-refractivity contribution in [2.45, 2.75) is 6.92 Å². The molecule has 0 amide bonds. The van der Waals surface area contributed by atoms with Crippen LogP contribution in [0.1, 0.15) is 11.1 Å². The zero-order valence-corrected chi connectivity index (χ0v) is 7.54. The van der Waals surface area contributed by atoms with Gasteiger partial charge in [-0.2, -0.15) is 0 Å². The lowest BCUT2D eigenvalue weighted by Crippen LogP contribution is -1.83. The van der Waals surface area contributed by atoms with Crippen LogP contribution in [0.4, 0.5) is 0 Å². The van der Waals surface area contributed by atoms with E-state index in [1.807, 2.05) is 13.0 Å². The summed E-state index contributed by atoms with van der Waals surface area (Å²) in [4.78, 5) is 3.96. The highest BCUT2D eigenvalue weighted by Gasteiger charge is 1.96. The second-order valence-electron chi connectivity index (χ2n) is 2.48. The van der Waals surface area contributed by atoms with E-state index < -0.39 is 0 Å². The molecule has 3 heteroatoms. The van der Waals surface area contributed by atoms with E-state index in [2.05, 4.69) is 4.98 Å². The van der Waals surface area contributed by atoms with Gasteiger partial charge in [0.25, 0.3) is 0 Å².